The van der Waals surface area contributed by atoms with Crippen LogP contribution in [0.25, 0.3) is 0 Å². The van der Waals surface area contributed by atoms with Crippen LogP contribution in [0.4, 0.5) is 0 Å². The van der Waals surface area contributed by atoms with E-state index in [2.05, 4.69) is 6.92 Å². The maximum absolute atomic E-state index is 12.0. The molecule has 2 heteroatoms. The molecule has 1 rings (SSSR count). The van der Waals surface area contributed by atoms with Crippen molar-refractivity contribution in [1.82, 2.24) is 0 Å². The number of hydrogen-bond donors (Lipinski definition) is 1. The molecule has 0 spiro atoms. The molecule has 1 aliphatic rings. The van der Waals surface area contributed by atoms with Crippen molar-refractivity contribution in [2.75, 3.05) is 0 Å². The summed E-state index contributed by atoms with van der Waals surface area (Å²) in [6.45, 7) is 6.14. The van der Waals surface area contributed by atoms with Crippen molar-refractivity contribution in [3.05, 3.63) is 0 Å². The summed E-state index contributed by atoms with van der Waals surface area (Å²) < 4.78 is 0. The van der Waals surface area contributed by atoms with Gasteiger partial charge in [-0.3, -0.25) is 4.79 Å². The molecular weight excluding hydrogens is 174 g/mol. The molecule has 0 aromatic rings. The average Bonchev–Trinajstić information content (AvgIpc) is 2.15. The maximum atomic E-state index is 12.0. The second-order valence-electron chi connectivity index (χ2n) is 5.02. The monoisotopic (exact) mass is 197 g/mol. The minimum atomic E-state index is -0.000248. The van der Waals surface area contributed by atoms with E-state index in [9.17, 15) is 4.79 Å². The first-order chi connectivity index (χ1) is 6.52. The van der Waals surface area contributed by atoms with Crippen LogP contribution in [0.1, 0.15) is 46.5 Å². The Morgan fingerprint density at radius 3 is 2.50 bits per heavy atom. The van der Waals surface area contributed by atoms with Crippen LogP contribution in [0.3, 0.4) is 0 Å². The molecule has 82 valence electrons. The molecule has 2 nitrogen and oxygen atoms in total. The molecule has 0 saturated heterocycles. The number of nitrogens with two attached hydrogens (primary N) is 1. The molecule has 0 radical (unpaired) electrons. The van der Waals surface area contributed by atoms with Gasteiger partial charge in [0.25, 0.3) is 0 Å². The summed E-state index contributed by atoms with van der Waals surface area (Å²) in [7, 11) is 0. The lowest BCUT2D eigenvalue weighted by atomic mass is 9.76. The lowest BCUT2D eigenvalue weighted by Gasteiger charge is -2.28. The fraction of sp³-hybridized carbons (Fsp3) is 0.917. The first-order valence-electron chi connectivity index (χ1n) is 5.81. The van der Waals surface area contributed by atoms with E-state index in [1.165, 1.54) is 12.8 Å². The Morgan fingerprint density at radius 1 is 1.36 bits per heavy atom. The van der Waals surface area contributed by atoms with E-state index in [1.54, 1.807) is 0 Å². The van der Waals surface area contributed by atoms with Gasteiger partial charge >= 0.3 is 0 Å². The van der Waals surface area contributed by atoms with Gasteiger partial charge in [0.15, 0.2) is 0 Å². The van der Waals surface area contributed by atoms with Crippen molar-refractivity contribution in [1.29, 1.82) is 0 Å². The molecule has 2 N–H and O–H groups in total. The summed E-state index contributed by atoms with van der Waals surface area (Å²) in [6, 6.07) is -0.000248. The van der Waals surface area contributed by atoms with Crippen LogP contribution < -0.4 is 5.73 Å². The lowest BCUT2D eigenvalue weighted by molar-refractivity contribution is -0.128. The third-order valence-corrected chi connectivity index (χ3v) is 3.58. The zero-order chi connectivity index (χ0) is 10.7. The summed E-state index contributed by atoms with van der Waals surface area (Å²) in [4.78, 5) is 12.0. The topological polar surface area (TPSA) is 43.1 Å². The van der Waals surface area contributed by atoms with Crippen molar-refractivity contribution in [3.8, 4) is 0 Å². The Labute approximate surface area is 87.2 Å². The summed E-state index contributed by atoms with van der Waals surface area (Å²) in [5, 5.41) is 0. The summed E-state index contributed by atoms with van der Waals surface area (Å²) in [5.74, 6) is 1.44. The molecule has 0 aromatic heterocycles. The van der Waals surface area contributed by atoms with Crippen molar-refractivity contribution < 1.29 is 4.79 Å². The van der Waals surface area contributed by atoms with Crippen LogP contribution in [0.5, 0.6) is 0 Å². The minimum Gasteiger partial charge on any atom is -0.327 e. The number of carbonyl (C=O) groups excluding carboxylic acids is 1. The fourth-order valence-electron chi connectivity index (χ4n) is 2.32. The minimum absolute atomic E-state index is 0.000248. The third-order valence-electron chi connectivity index (χ3n) is 3.58. The second-order valence-corrected chi connectivity index (χ2v) is 5.02. The molecule has 0 amide bonds. The third kappa shape index (κ3) is 2.81. The molecule has 0 bridgehead atoms. The van der Waals surface area contributed by atoms with Gasteiger partial charge in [-0.1, -0.05) is 26.7 Å². The SMILES string of the molecule is CC1CCCC(C(=O)C(C)C(C)N)C1. The van der Waals surface area contributed by atoms with Crippen LogP contribution in [0.15, 0.2) is 0 Å². The molecular formula is C12H23NO. The van der Waals surface area contributed by atoms with E-state index in [0.29, 0.717) is 11.7 Å². The molecule has 14 heavy (non-hydrogen) atoms. The molecule has 0 aromatic carbocycles. The average molecular weight is 197 g/mol. The van der Waals surface area contributed by atoms with Crippen molar-refractivity contribution >= 4 is 5.78 Å². The van der Waals surface area contributed by atoms with Gasteiger partial charge in [-0.25, -0.2) is 0 Å². The smallest absolute Gasteiger partial charge is 0.140 e. The fourth-order valence-corrected chi connectivity index (χ4v) is 2.32. The van der Waals surface area contributed by atoms with E-state index < -0.39 is 0 Å². The molecule has 0 aliphatic heterocycles. The van der Waals surface area contributed by atoms with Crippen LogP contribution in [-0.2, 0) is 4.79 Å². The largest absolute Gasteiger partial charge is 0.327 e. The van der Waals surface area contributed by atoms with E-state index in [4.69, 9.17) is 5.73 Å². The van der Waals surface area contributed by atoms with Gasteiger partial charge in [-0.2, -0.15) is 0 Å². The van der Waals surface area contributed by atoms with Gasteiger partial charge in [-0.05, 0) is 25.7 Å². The summed E-state index contributed by atoms with van der Waals surface area (Å²) in [6.07, 6.45) is 4.66. The van der Waals surface area contributed by atoms with Crippen LogP contribution >= 0.6 is 0 Å². The lowest BCUT2D eigenvalue weighted by Crippen LogP contribution is -2.36. The van der Waals surface area contributed by atoms with E-state index in [0.717, 1.165) is 18.8 Å². The van der Waals surface area contributed by atoms with Crippen LogP contribution in [0, 0.1) is 17.8 Å². The summed E-state index contributed by atoms with van der Waals surface area (Å²) in [5.41, 5.74) is 5.76. The van der Waals surface area contributed by atoms with E-state index >= 15 is 0 Å². The first kappa shape index (κ1) is 11.7. The highest BCUT2D eigenvalue weighted by Gasteiger charge is 2.29. The number of ketones is 1. The van der Waals surface area contributed by atoms with E-state index in [1.807, 2.05) is 13.8 Å². The molecule has 1 aliphatic carbocycles. The molecule has 1 saturated carbocycles. The zero-order valence-electron chi connectivity index (χ0n) is 9.62. The highest BCUT2D eigenvalue weighted by atomic mass is 16.1. The molecule has 1 fully saturated rings. The van der Waals surface area contributed by atoms with Gasteiger partial charge in [0, 0.05) is 17.9 Å². The second kappa shape index (κ2) is 4.92. The Kier molecular flexibility index (Phi) is 4.11. The van der Waals surface area contributed by atoms with Crippen molar-refractivity contribution in [2.24, 2.45) is 23.5 Å². The zero-order valence-corrected chi connectivity index (χ0v) is 9.62. The predicted octanol–water partition coefficient (Wildman–Crippen LogP) is 2.37. The van der Waals surface area contributed by atoms with Crippen LogP contribution in [0.2, 0.25) is 0 Å². The van der Waals surface area contributed by atoms with Gasteiger partial charge < -0.3 is 5.73 Å². The van der Waals surface area contributed by atoms with Crippen molar-refractivity contribution in [2.45, 2.75) is 52.5 Å². The maximum Gasteiger partial charge on any atom is 0.140 e. The first-order valence-corrected chi connectivity index (χ1v) is 5.81. The van der Waals surface area contributed by atoms with Gasteiger partial charge in [-0.15, -0.1) is 0 Å². The van der Waals surface area contributed by atoms with Gasteiger partial charge in [0.2, 0.25) is 0 Å². The normalized spacial score (nSPS) is 32.3. The van der Waals surface area contributed by atoms with Crippen molar-refractivity contribution in [3.63, 3.8) is 0 Å². The van der Waals surface area contributed by atoms with E-state index in [-0.39, 0.29) is 12.0 Å². The molecule has 0 heterocycles. The highest BCUT2D eigenvalue weighted by Crippen LogP contribution is 2.31. The number of Topliss-reactive ketones (excluding diaryl/α,β-unsaturated/α-hetero) is 1. The standard InChI is InChI=1S/C12H23NO/c1-8-5-4-6-11(7-8)12(14)9(2)10(3)13/h8-11H,4-7,13H2,1-3H3. The summed E-state index contributed by atoms with van der Waals surface area (Å²) >= 11 is 0. The Balaban J connectivity index is 2.51. The van der Waals surface area contributed by atoms with Crippen LogP contribution in [-0.4, -0.2) is 11.8 Å². The Bertz CT molecular complexity index is 200. The molecule has 4 atom stereocenters. The van der Waals surface area contributed by atoms with Gasteiger partial charge in [0.1, 0.15) is 5.78 Å². The number of carbonyl (C=O) groups is 1. The molecule has 4 unspecified atom stereocenters. The quantitative estimate of drug-likeness (QED) is 0.754. The highest BCUT2D eigenvalue weighted by molar-refractivity contribution is 5.83. The Morgan fingerprint density at radius 2 is 2.00 bits per heavy atom. The predicted molar refractivity (Wildman–Crippen MR) is 58.9 cm³/mol. The number of rotatable bonds is 3. The Hall–Kier alpha value is -0.370. The van der Waals surface area contributed by atoms with Gasteiger partial charge in [0.05, 0.1) is 0 Å². The number of hydrogen-bond acceptors (Lipinski definition) is 2.